The summed E-state index contributed by atoms with van der Waals surface area (Å²) >= 11 is 0. The molecule has 2 rings (SSSR count). The molecule has 5 heteroatoms. The number of hydrogen-bond donors (Lipinski definition) is 1. The molecular weight excluding hydrogens is 282 g/mol. The maximum absolute atomic E-state index is 11.9. The van der Waals surface area contributed by atoms with Crippen LogP contribution in [0.3, 0.4) is 0 Å². The van der Waals surface area contributed by atoms with Crippen LogP contribution in [0.25, 0.3) is 10.8 Å². The van der Waals surface area contributed by atoms with Gasteiger partial charge in [0, 0.05) is 13.7 Å². The lowest BCUT2D eigenvalue weighted by molar-refractivity contribution is -0.147. The molecule has 0 aliphatic carbocycles. The highest BCUT2D eigenvalue weighted by Gasteiger charge is 2.10. The van der Waals surface area contributed by atoms with E-state index in [2.05, 4.69) is 5.32 Å². The van der Waals surface area contributed by atoms with Crippen molar-refractivity contribution in [2.24, 2.45) is 0 Å². The van der Waals surface area contributed by atoms with E-state index in [1.807, 2.05) is 42.5 Å². The van der Waals surface area contributed by atoms with Crippen LogP contribution < -0.4 is 5.32 Å². The van der Waals surface area contributed by atoms with Gasteiger partial charge in [-0.15, -0.1) is 0 Å². The quantitative estimate of drug-likeness (QED) is 0.624. The van der Waals surface area contributed by atoms with Crippen molar-refractivity contribution in [2.75, 3.05) is 26.9 Å². The molecule has 0 aliphatic rings. The first-order valence-corrected chi connectivity index (χ1v) is 7.08. The van der Waals surface area contributed by atoms with Crippen LogP contribution in [0.5, 0.6) is 0 Å². The van der Waals surface area contributed by atoms with Gasteiger partial charge in [0.15, 0.2) is 6.61 Å². The Kier molecular flexibility index (Phi) is 5.91. The van der Waals surface area contributed by atoms with Crippen molar-refractivity contribution in [3.63, 3.8) is 0 Å². The van der Waals surface area contributed by atoms with Crippen LogP contribution in [0.4, 0.5) is 0 Å². The molecule has 0 aromatic heterocycles. The van der Waals surface area contributed by atoms with Crippen molar-refractivity contribution in [1.82, 2.24) is 5.32 Å². The van der Waals surface area contributed by atoms with Gasteiger partial charge in [0.25, 0.3) is 5.91 Å². The van der Waals surface area contributed by atoms with Crippen molar-refractivity contribution in [3.8, 4) is 0 Å². The highest BCUT2D eigenvalue weighted by atomic mass is 16.5. The Hall–Kier alpha value is -2.40. The van der Waals surface area contributed by atoms with E-state index in [1.165, 1.54) is 0 Å². The van der Waals surface area contributed by atoms with Crippen LogP contribution in [-0.4, -0.2) is 38.7 Å². The van der Waals surface area contributed by atoms with E-state index in [4.69, 9.17) is 9.47 Å². The van der Waals surface area contributed by atoms with Crippen LogP contribution in [-0.2, 0) is 25.5 Å². The second-order valence-corrected chi connectivity index (χ2v) is 4.82. The van der Waals surface area contributed by atoms with E-state index in [-0.39, 0.29) is 18.9 Å². The number of benzene rings is 2. The van der Waals surface area contributed by atoms with E-state index in [0.29, 0.717) is 13.2 Å². The summed E-state index contributed by atoms with van der Waals surface area (Å²) in [4.78, 5) is 23.3. The van der Waals surface area contributed by atoms with E-state index < -0.39 is 5.97 Å². The average Bonchev–Trinajstić information content (AvgIpc) is 2.54. The molecule has 116 valence electrons. The molecule has 0 aliphatic heterocycles. The molecule has 0 fully saturated rings. The Morgan fingerprint density at radius 2 is 1.86 bits per heavy atom. The monoisotopic (exact) mass is 301 g/mol. The fourth-order valence-corrected chi connectivity index (χ4v) is 2.14. The van der Waals surface area contributed by atoms with Gasteiger partial charge in [-0.25, -0.2) is 0 Å². The lowest BCUT2D eigenvalue weighted by atomic mass is 10.0. The molecular formula is C17H19NO4. The largest absolute Gasteiger partial charge is 0.455 e. The van der Waals surface area contributed by atoms with Gasteiger partial charge in [-0.3, -0.25) is 9.59 Å². The first-order chi connectivity index (χ1) is 10.7. The maximum atomic E-state index is 11.9. The topological polar surface area (TPSA) is 64.6 Å². The predicted octanol–water partition coefficient (Wildman–Crippen LogP) is 1.69. The van der Waals surface area contributed by atoms with Crippen LogP contribution in [0.15, 0.2) is 42.5 Å². The van der Waals surface area contributed by atoms with Crippen LogP contribution in [0.2, 0.25) is 0 Å². The standard InChI is InChI=1S/C17H19NO4/c1-21-10-9-18-16(19)12-22-17(20)11-14-7-4-6-13-5-2-3-8-15(13)14/h2-8H,9-12H2,1H3,(H,18,19). The minimum atomic E-state index is -0.418. The van der Waals surface area contributed by atoms with Gasteiger partial charge in [0.05, 0.1) is 13.0 Å². The summed E-state index contributed by atoms with van der Waals surface area (Å²) in [6.07, 6.45) is 0.146. The molecule has 2 aromatic rings. The third-order valence-electron chi connectivity index (χ3n) is 3.21. The van der Waals surface area contributed by atoms with Crippen LogP contribution in [0, 0.1) is 0 Å². The molecule has 0 heterocycles. The first kappa shape index (κ1) is 16.0. The maximum Gasteiger partial charge on any atom is 0.310 e. The lowest BCUT2D eigenvalue weighted by Gasteiger charge is -2.08. The zero-order valence-electron chi connectivity index (χ0n) is 12.5. The number of carbonyl (C=O) groups is 2. The van der Waals surface area contributed by atoms with Crippen molar-refractivity contribution in [2.45, 2.75) is 6.42 Å². The molecule has 0 atom stereocenters. The zero-order chi connectivity index (χ0) is 15.8. The van der Waals surface area contributed by atoms with Crippen LogP contribution >= 0.6 is 0 Å². The van der Waals surface area contributed by atoms with E-state index >= 15 is 0 Å². The molecule has 0 bridgehead atoms. The first-order valence-electron chi connectivity index (χ1n) is 7.08. The van der Waals surface area contributed by atoms with Gasteiger partial charge in [0.2, 0.25) is 0 Å². The summed E-state index contributed by atoms with van der Waals surface area (Å²) in [5, 5.41) is 4.69. The third-order valence-corrected chi connectivity index (χ3v) is 3.21. The SMILES string of the molecule is COCCNC(=O)COC(=O)Cc1cccc2ccccc12. The Labute approximate surface area is 129 Å². The van der Waals surface area contributed by atoms with Crippen molar-refractivity contribution in [3.05, 3.63) is 48.0 Å². The minimum absolute atomic E-state index is 0.146. The molecule has 0 unspecified atom stereocenters. The van der Waals surface area contributed by atoms with E-state index in [0.717, 1.165) is 16.3 Å². The molecule has 5 nitrogen and oxygen atoms in total. The average molecular weight is 301 g/mol. The number of amides is 1. The van der Waals surface area contributed by atoms with Crippen molar-refractivity contribution >= 4 is 22.6 Å². The fourth-order valence-electron chi connectivity index (χ4n) is 2.14. The minimum Gasteiger partial charge on any atom is -0.455 e. The smallest absolute Gasteiger partial charge is 0.310 e. The van der Waals surface area contributed by atoms with Gasteiger partial charge >= 0.3 is 5.97 Å². The van der Waals surface area contributed by atoms with Crippen molar-refractivity contribution < 1.29 is 19.1 Å². The Bertz CT molecular complexity index is 649. The highest BCUT2D eigenvalue weighted by molar-refractivity contribution is 5.89. The second-order valence-electron chi connectivity index (χ2n) is 4.82. The Morgan fingerprint density at radius 3 is 2.68 bits per heavy atom. The van der Waals surface area contributed by atoms with Crippen molar-refractivity contribution in [1.29, 1.82) is 0 Å². The number of methoxy groups -OCH3 is 1. The number of nitrogens with one attached hydrogen (secondary N) is 1. The molecule has 0 saturated heterocycles. The highest BCUT2D eigenvalue weighted by Crippen LogP contribution is 2.19. The third kappa shape index (κ3) is 4.56. The zero-order valence-corrected chi connectivity index (χ0v) is 12.5. The Morgan fingerprint density at radius 1 is 1.09 bits per heavy atom. The molecule has 22 heavy (non-hydrogen) atoms. The van der Waals surface area contributed by atoms with Crippen LogP contribution in [0.1, 0.15) is 5.56 Å². The molecule has 1 N–H and O–H groups in total. The fraction of sp³-hybridized carbons (Fsp3) is 0.294. The van der Waals surface area contributed by atoms with Gasteiger partial charge in [-0.2, -0.15) is 0 Å². The number of esters is 1. The molecule has 0 saturated carbocycles. The normalized spacial score (nSPS) is 10.4. The summed E-state index contributed by atoms with van der Waals surface area (Å²) < 4.78 is 9.81. The van der Waals surface area contributed by atoms with Gasteiger partial charge < -0.3 is 14.8 Å². The number of fused-ring (bicyclic) bond motifs is 1. The summed E-state index contributed by atoms with van der Waals surface area (Å²) in [5.41, 5.74) is 0.892. The Balaban J connectivity index is 1.87. The summed E-state index contributed by atoms with van der Waals surface area (Å²) in [5.74, 6) is -0.749. The predicted molar refractivity (Wildman–Crippen MR) is 83.5 cm³/mol. The number of carbonyl (C=O) groups excluding carboxylic acids is 2. The number of rotatable bonds is 7. The number of hydrogen-bond acceptors (Lipinski definition) is 4. The van der Waals surface area contributed by atoms with E-state index in [9.17, 15) is 9.59 Å². The van der Waals surface area contributed by atoms with Gasteiger partial charge in [-0.05, 0) is 16.3 Å². The second kappa shape index (κ2) is 8.14. The van der Waals surface area contributed by atoms with E-state index in [1.54, 1.807) is 7.11 Å². The molecule has 1 amide bonds. The molecule has 0 radical (unpaired) electrons. The van der Waals surface area contributed by atoms with Gasteiger partial charge in [0.1, 0.15) is 0 Å². The summed E-state index contributed by atoms with van der Waals surface area (Å²) in [6.45, 7) is 0.555. The van der Waals surface area contributed by atoms with Gasteiger partial charge in [-0.1, -0.05) is 42.5 Å². The molecule has 2 aromatic carbocycles. The molecule has 0 spiro atoms. The summed E-state index contributed by atoms with van der Waals surface area (Å²) in [6, 6.07) is 13.6. The lowest BCUT2D eigenvalue weighted by Crippen LogP contribution is -2.31. The number of ether oxygens (including phenoxy) is 2. The summed E-state index contributed by atoms with van der Waals surface area (Å²) in [7, 11) is 1.55.